The maximum Gasteiger partial charge on any atom is 0.340 e. The van der Waals surface area contributed by atoms with Gasteiger partial charge < -0.3 is 4.74 Å². The molecule has 1 heterocycles. The third kappa shape index (κ3) is 4.55. The third-order valence-corrected chi connectivity index (χ3v) is 6.84. The molecule has 0 N–H and O–H groups in total. The first-order valence-corrected chi connectivity index (χ1v) is 10.7. The lowest BCUT2D eigenvalue weighted by Gasteiger charge is -2.16. The Labute approximate surface area is 173 Å². The van der Waals surface area contributed by atoms with Crippen LogP contribution in [0, 0.1) is 0 Å². The lowest BCUT2D eigenvalue weighted by Crippen LogP contribution is -2.28. The highest BCUT2D eigenvalue weighted by Gasteiger charge is 2.28. The van der Waals surface area contributed by atoms with Gasteiger partial charge in [0.15, 0.2) is 12.4 Å². The molecule has 28 heavy (non-hydrogen) atoms. The molecular formula is C19H17Cl2NO5S. The largest absolute Gasteiger partial charge is 0.454 e. The summed E-state index contributed by atoms with van der Waals surface area (Å²) in [7, 11) is -3.70. The number of ketones is 1. The number of rotatable bonds is 6. The lowest BCUT2D eigenvalue weighted by molar-refractivity contribution is 0.0474. The van der Waals surface area contributed by atoms with E-state index in [0.717, 1.165) is 12.8 Å². The number of nitrogens with zero attached hydrogens (tertiary/aromatic N) is 1. The van der Waals surface area contributed by atoms with Crippen molar-refractivity contribution in [3.63, 3.8) is 0 Å². The first-order chi connectivity index (χ1) is 13.3. The van der Waals surface area contributed by atoms with E-state index in [-0.39, 0.29) is 15.5 Å². The van der Waals surface area contributed by atoms with Crippen molar-refractivity contribution >= 4 is 45.0 Å². The zero-order valence-electron chi connectivity index (χ0n) is 14.7. The van der Waals surface area contributed by atoms with Gasteiger partial charge in [-0.2, -0.15) is 4.31 Å². The van der Waals surface area contributed by atoms with Crippen LogP contribution < -0.4 is 0 Å². The summed E-state index contributed by atoms with van der Waals surface area (Å²) in [4.78, 5) is 24.5. The maximum atomic E-state index is 12.7. The number of benzene rings is 2. The van der Waals surface area contributed by atoms with Crippen molar-refractivity contribution in [3.8, 4) is 0 Å². The first kappa shape index (κ1) is 20.8. The standard InChI is InChI=1S/C19H17Cl2NO5S/c20-14-5-3-13(4-6-14)18(23)12-27-19(24)16-11-15(7-8-17(16)21)28(25,26)22-9-1-2-10-22/h3-8,11H,1-2,9-10,12H2. The van der Waals surface area contributed by atoms with Crippen LogP contribution >= 0.6 is 23.2 Å². The van der Waals surface area contributed by atoms with Crippen LogP contribution in [-0.4, -0.2) is 44.2 Å². The Morgan fingerprint density at radius 2 is 1.64 bits per heavy atom. The summed E-state index contributed by atoms with van der Waals surface area (Å²) in [5.41, 5.74) is 0.236. The maximum absolute atomic E-state index is 12.7. The smallest absolute Gasteiger partial charge is 0.340 e. The van der Waals surface area contributed by atoms with Crippen molar-refractivity contribution in [3.05, 3.63) is 63.6 Å². The fourth-order valence-electron chi connectivity index (χ4n) is 2.83. The van der Waals surface area contributed by atoms with E-state index in [0.29, 0.717) is 23.7 Å². The molecule has 0 bridgehead atoms. The average Bonchev–Trinajstić information content (AvgIpc) is 3.22. The van der Waals surface area contributed by atoms with Gasteiger partial charge in [-0.15, -0.1) is 0 Å². The number of Topliss-reactive ketones (excluding diaryl/α,β-unsaturated/α-hetero) is 1. The number of carbonyl (C=O) groups is 2. The minimum atomic E-state index is -3.70. The van der Waals surface area contributed by atoms with E-state index in [9.17, 15) is 18.0 Å². The molecule has 9 heteroatoms. The quantitative estimate of drug-likeness (QED) is 0.502. The summed E-state index contributed by atoms with van der Waals surface area (Å²) < 4.78 is 31.7. The van der Waals surface area contributed by atoms with Crippen LogP contribution in [-0.2, 0) is 14.8 Å². The van der Waals surface area contributed by atoms with Gasteiger partial charge in [0.05, 0.1) is 15.5 Å². The van der Waals surface area contributed by atoms with Crippen molar-refractivity contribution in [2.75, 3.05) is 19.7 Å². The molecule has 1 aliphatic rings. The monoisotopic (exact) mass is 441 g/mol. The Morgan fingerprint density at radius 3 is 2.29 bits per heavy atom. The third-order valence-electron chi connectivity index (χ3n) is 4.36. The van der Waals surface area contributed by atoms with Crippen LogP contribution in [0.2, 0.25) is 10.0 Å². The molecule has 0 amide bonds. The van der Waals surface area contributed by atoms with Gasteiger partial charge in [-0.05, 0) is 55.3 Å². The second-order valence-electron chi connectivity index (χ2n) is 6.26. The summed E-state index contributed by atoms with van der Waals surface area (Å²) in [6, 6.07) is 10.0. The molecule has 2 aromatic rings. The van der Waals surface area contributed by atoms with Gasteiger partial charge in [0.25, 0.3) is 0 Å². The minimum Gasteiger partial charge on any atom is -0.454 e. The molecule has 148 valence electrons. The SMILES string of the molecule is O=C(COC(=O)c1cc(S(=O)(=O)N2CCCC2)ccc1Cl)c1ccc(Cl)cc1. The van der Waals surface area contributed by atoms with Crippen LogP contribution in [0.1, 0.15) is 33.6 Å². The van der Waals surface area contributed by atoms with Gasteiger partial charge in [0.1, 0.15) is 0 Å². The molecule has 1 fully saturated rings. The molecular weight excluding hydrogens is 425 g/mol. The summed E-state index contributed by atoms with van der Waals surface area (Å²) in [5, 5.41) is 0.528. The van der Waals surface area contributed by atoms with Gasteiger partial charge in [-0.1, -0.05) is 23.2 Å². The topological polar surface area (TPSA) is 80.8 Å². The molecule has 0 spiro atoms. The molecule has 0 unspecified atom stereocenters. The number of ether oxygens (including phenoxy) is 1. The number of hydrogen-bond acceptors (Lipinski definition) is 5. The van der Waals surface area contributed by atoms with E-state index in [1.54, 1.807) is 12.1 Å². The van der Waals surface area contributed by atoms with E-state index in [1.165, 1.54) is 34.6 Å². The highest BCUT2D eigenvalue weighted by Crippen LogP contribution is 2.26. The highest BCUT2D eigenvalue weighted by atomic mass is 35.5. The molecule has 6 nitrogen and oxygen atoms in total. The first-order valence-electron chi connectivity index (χ1n) is 8.54. The Bertz CT molecular complexity index is 999. The molecule has 0 radical (unpaired) electrons. The van der Waals surface area contributed by atoms with Crippen LogP contribution in [0.25, 0.3) is 0 Å². The fraction of sp³-hybridized carbons (Fsp3) is 0.263. The number of sulfonamides is 1. The van der Waals surface area contributed by atoms with Gasteiger partial charge in [-0.3, -0.25) is 4.79 Å². The Morgan fingerprint density at radius 1 is 1.00 bits per heavy atom. The average molecular weight is 442 g/mol. The highest BCUT2D eigenvalue weighted by molar-refractivity contribution is 7.89. The zero-order chi connectivity index (χ0) is 20.3. The molecule has 3 rings (SSSR count). The summed E-state index contributed by atoms with van der Waals surface area (Å²) in [6.07, 6.45) is 1.60. The molecule has 0 saturated carbocycles. The van der Waals surface area contributed by atoms with Crippen molar-refractivity contribution < 1.29 is 22.7 Å². The van der Waals surface area contributed by atoms with Gasteiger partial charge in [0.2, 0.25) is 10.0 Å². The summed E-state index contributed by atoms with van der Waals surface area (Å²) in [6.45, 7) is 0.389. The van der Waals surface area contributed by atoms with E-state index in [1.807, 2.05) is 0 Å². The van der Waals surface area contributed by atoms with Crippen molar-refractivity contribution in [1.29, 1.82) is 0 Å². The van der Waals surface area contributed by atoms with E-state index in [2.05, 4.69) is 0 Å². The van der Waals surface area contributed by atoms with Gasteiger partial charge >= 0.3 is 5.97 Å². The van der Waals surface area contributed by atoms with Gasteiger partial charge in [-0.25, -0.2) is 13.2 Å². The zero-order valence-corrected chi connectivity index (χ0v) is 17.1. The van der Waals surface area contributed by atoms with Crippen LogP contribution in [0.15, 0.2) is 47.4 Å². The summed E-state index contributed by atoms with van der Waals surface area (Å²) in [5.74, 6) is -1.28. The predicted molar refractivity (Wildman–Crippen MR) is 106 cm³/mol. The van der Waals surface area contributed by atoms with Gasteiger partial charge in [0, 0.05) is 23.7 Å². The Kier molecular flexibility index (Phi) is 6.40. The number of esters is 1. The Hall–Kier alpha value is -1.93. The van der Waals surface area contributed by atoms with Crippen LogP contribution in [0.3, 0.4) is 0 Å². The number of carbonyl (C=O) groups excluding carboxylic acids is 2. The van der Waals surface area contributed by atoms with E-state index >= 15 is 0 Å². The molecule has 0 atom stereocenters. The predicted octanol–water partition coefficient (Wildman–Crippen LogP) is 3.82. The van der Waals surface area contributed by atoms with Crippen molar-refractivity contribution in [1.82, 2.24) is 4.31 Å². The minimum absolute atomic E-state index is 0.0326. The molecule has 1 saturated heterocycles. The van der Waals surface area contributed by atoms with E-state index in [4.69, 9.17) is 27.9 Å². The van der Waals surface area contributed by atoms with Crippen LogP contribution in [0.4, 0.5) is 0 Å². The second-order valence-corrected chi connectivity index (χ2v) is 9.04. The molecule has 2 aromatic carbocycles. The normalized spacial score (nSPS) is 14.8. The molecule has 0 aliphatic carbocycles. The van der Waals surface area contributed by atoms with Crippen molar-refractivity contribution in [2.24, 2.45) is 0 Å². The molecule has 0 aromatic heterocycles. The van der Waals surface area contributed by atoms with Crippen molar-refractivity contribution in [2.45, 2.75) is 17.7 Å². The molecule has 1 aliphatic heterocycles. The second kappa shape index (κ2) is 8.61. The van der Waals surface area contributed by atoms with Crippen LogP contribution in [0.5, 0.6) is 0 Å². The number of halogens is 2. The Balaban J connectivity index is 1.74. The fourth-order valence-corrected chi connectivity index (χ4v) is 4.69. The van der Waals surface area contributed by atoms with E-state index < -0.39 is 28.4 Å². The summed E-state index contributed by atoms with van der Waals surface area (Å²) >= 11 is 11.8. The lowest BCUT2D eigenvalue weighted by atomic mass is 10.1. The number of hydrogen-bond donors (Lipinski definition) is 0.